The molecule has 0 aliphatic rings. The first-order chi connectivity index (χ1) is 6.00. The molecule has 0 aromatic carbocycles. The molecule has 0 bridgehead atoms. The van der Waals surface area contributed by atoms with E-state index in [2.05, 4.69) is 15.0 Å². The molecule has 1 rings (SSSR count). The van der Waals surface area contributed by atoms with Crippen LogP contribution in [0.15, 0.2) is 5.16 Å². The minimum Gasteiger partial charge on any atom is -0.368 e. The van der Waals surface area contributed by atoms with Crippen LogP contribution in [0.4, 0.5) is 11.9 Å². The average molecular weight is 201 g/mol. The van der Waals surface area contributed by atoms with Gasteiger partial charge in [0.2, 0.25) is 17.1 Å². The molecule has 1 unspecified atom stereocenters. The molecule has 0 saturated carbocycles. The van der Waals surface area contributed by atoms with Crippen LogP contribution in [0, 0.1) is 0 Å². The minimum atomic E-state index is -1.23. The highest BCUT2D eigenvalue weighted by Gasteiger charge is 2.07. The molecule has 6 nitrogen and oxygen atoms in total. The molecule has 0 spiro atoms. The van der Waals surface area contributed by atoms with Gasteiger partial charge in [-0.25, -0.2) is 0 Å². The molecule has 1 atom stereocenters. The molecule has 7 heteroatoms. The Kier molecular flexibility index (Phi) is 2.76. The zero-order chi connectivity index (χ0) is 10.0. The number of nitrogens with zero attached hydrogens (tertiary/aromatic N) is 4. The molecule has 1 aromatic rings. The third-order valence-electron chi connectivity index (χ3n) is 1.28. The largest absolute Gasteiger partial charge is 0.368 e. The Morgan fingerprint density at radius 1 is 1.31 bits per heavy atom. The lowest BCUT2D eigenvalue weighted by Gasteiger charge is -2.10. The zero-order valence-corrected chi connectivity index (χ0v) is 8.50. The Morgan fingerprint density at radius 2 is 1.92 bits per heavy atom. The van der Waals surface area contributed by atoms with Crippen molar-refractivity contribution in [2.75, 3.05) is 31.0 Å². The number of hydrogen-bond acceptors (Lipinski definition) is 6. The summed E-state index contributed by atoms with van der Waals surface area (Å²) in [5, 5.41) is 0.205. The maximum atomic E-state index is 11.1. The molecule has 0 fully saturated rings. The van der Waals surface area contributed by atoms with Crippen molar-refractivity contribution in [2.24, 2.45) is 0 Å². The van der Waals surface area contributed by atoms with E-state index >= 15 is 0 Å². The van der Waals surface area contributed by atoms with Gasteiger partial charge < -0.3 is 10.6 Å². The van der Waals surface area contributed by atoms with Gasteiger partial charge in [0, 0.05) is 20.4 Å². The Morgan fingerprint density at radius 3 is 2.38 bits per heavy atom. The normalized spacial score (nSPS) is 12.5. The highest BCUT2D eigenvalue weighted by atomic mass is 32.2. The first-order valence-electron chi connectivity index (χ1n) is 3.53. The van der Waals surface area contributed by atoms with Crippen molar-refractivity contribution < 1.29 is 4.21 Å². The van der Waals surface area contributed by atoms with Crippen molar-refractivity contribution in [1.29, 1.82) is 0 Å². The van der Waals surface area contributed by atoms with Gasteiger partial charge in [0.05, 0.1) is 10.8 Å². The number of nitrogen functional groups attached to an aromatic ring is 1. The summed E-state index contributed by atoms with van der Waals surface area (Å²) >= 11 is 0. The predicted molar refractivity (Wildman–Crippen MR) is 50.9 cm³/mol. The second-order valence-electron chi connectivity index (χ2n) is 2.62. The van der Waals surface area contributed by atoms with E-state index in [0.717, 1.165) is 0 Å². The zero-order valence-electron chi connectivity index (χ0n) is 7.68. The van der Waals surface area contributed by atoms with Crippen molar-refractivity contribution in [3.8, 4) is 0 Å². The van der Waals surface area contributed by atoms with Crippen LogP contribution in [0.25, 0.3) is 0 Å². The smallest absolute Gasteiger partial charge is 0.230 e. The van der Waals surface area contributed by atoms with E-state index in [1.54, 1.807) is 19.0 Å². The van der Waals surface area contributed by atoms with Gasteiger partial charge in [0.1, 0.15) is 0 Å². The molecular weight excluding hydrogens is 190 g/mol. The van der Waals surface area contributed by atoms with Gasteiger partial charge >= 0.3 is 0 Å². The van der Waals surface area contributed by atoms with Crippen LogP contribution >= 0.6 is 0 Å². The van der Waals surface area contributed by atoms with E-state index < -0.39 is 10.8 Å². The fourth-order valence-corrected chi connectivity index (χ4v) is 1.12. The highest BCUT2D eigenvalue weighted by Crippen LogP contribution is 2.07. The van der Waals surface area contributed by atoms with Crippen LogP contribution in [-0.4, -0.2) is 39.5 Å². The van der Waals surface area contributed by atoms with Gasteiger partial charge in [-0.3, -0.25) is 4.21 Å². The van der Waals surface area contributed by atoms with E-state index in [1.807, 2.05) is 0 Å². The molecule has 72 valence electrons. The van der Waals surface area contributed by atoms with E-state index in [9.17, 15) is 4.21 Å². The summed E-state index contributed by atoms with van der Waals surface area (Å²) in [5.41, 5.74) is 5.41. The van der Waals surface area contributed by atoms with Gasteiger partial charge in [-0.2, -0.15) is 15.0 Å². The van der Waals surface area contributed by atoms with Crippen molar-refractivity contribution >= 4 is 22.7 Å². The van der Waals surface area contributed by atoms with E-state index in [-0.39, 0.29) is 11.1 Å². The Bertz CT molecular complexity index is 340. The quantitative estimate of drug-likeness (QED) is 0.678. The Labute approximate surface area is 78.7 Å². The van der Waals surface area contributed by atoms with Gasteiger partial charge in [-0.1, -0.05) is 0 Å². The first kappa shape index (κ1) is 9.85. The lowest BCUT2D eigenvalue weighted by Crippen LogP contribution is -2.16. The predicted octanol–water partition coefficient (Wildman–Crippen LogP) is -0.743. The van der Waals surface area contributed by atoms with Crippen LogP contribution in [0.1, 0.15) is 0 Å². The minimum absolute atomic E-state index is 0.0869. The van der Waals surface area contributed by atoms with Crippen LogP contribution in [0.5, 0.6) is 0 Å². The third kappa shape index (κ3) is 2.35. The van der Waals surface area contributed by atoms with E-state index in [4.69, 9.17) is 5.73 Å². The molecule has 0 amide bonds. The first-order valence-corrected chi connectivity index (χ1v) is 5.09. The molecule has 0 aliphatic heterocycles. The second kappa shape index (κ2) is 3.65. The number of rotatable bonds is 2. The molecule has 0 radical (unpaired) electrons. The van der Waals surface area contributed by atoms with Crippen LogP contribution < -0.4 is 10.6 Å². The van der Waals surface area contributed by atoms with Gasteiger partial charge in [0.25, 0.3) is 0 Å². The molecular formula is C6H11N5OS. The second-order valence-corrected chi connectivity index (χ2v) is 3.90. The average Bonchev–Trinajstić information content (AvgIpc) is 2.03. The summed E-state index contributed by atoms with van der Waals surface area (Å²) in [6.45, 7) is 0. The standard InChI is InChI=1S/C6H11N5OS/c1-11(2)5-8-4(7)9-6(10-5)13(3)12/h1-3H3,(H2,7,8,9,10). The lowest BCUT2D eigenvalue weighted by molar-refractivity contribution is 0.678. The van der Waals surface area contributed by atoms with Crippen molar-refractivity contribution in [2.45, 2.75) is 5.16 Å². The highest BCUT2D eigenvalue weighted by molar-refractivity contribution is 7.84. The molecule has 2 N–H and O–H groups in total. The Balaban J connectivity index is 3.19. The fourth-order valence-electron chi connectivity index (χ4n) is 0.690. The maximum absolute atomic E-state index is 11.1. The van der Waals surface area contributed by atoms with Gasteiger partial charge in [-0.05, 0) is 0 Å². The summed E-state index contributed by atoms with van der Waals surface area (Å²) in [6, 6.07) is 0. The van der Waals surface area contributed by atoms with Crippen molar-refractivity contribution in [1.82, 2.24) is 15.0 Å². The van der Waals surface area contributed by atoms with Crippen molar-refractivity contribution in [3.63, 3.8) is 0 Å². The number of anilines is 2. The SMILES string of the molecule is CN(C)c1nc(N)nc(S(C)=O)n1. The Hall–Kier alpha value is -1.24. The fraction of sp³-hybridized carbons (Fsp3) is 0.500. The summed E-state index contributed by atoms with van der Waals surface area (Å²) < 4.78 is 11.1. The molecule has 0 aliphatic carbocycles. The number of aromatic nitrogens is 3. The molecule has 0 saturated heterocycles. The third-order valence-corrected chi connectivity index (χ3v) is 1.97. The summed E-state index contributed by atoms with van der Waals surface area (Å²) in [5.74, 6) is 0.501. The van der Waals surface area contributed by atoms with Gasteiger partial charge in [0.15, 0.2) is 0 Å². The summed E-state index contributed by atoms with van der Waals surface area (Å²) in [6.07, 6.45) is 1.49. The summed E-state index contributed by atoms with van der Waals surface area (Å²) in [7, 11) is 2.31. The van der Waals surface area contributed by atoms with Crippen molar-refractivity contribution in [3.05, 3.63) is 0 Å². The monoisotopic (exact) mass is 201 g/mol. The van der Waals surface area contributed by atoms with Crippen LogP contribution in [-0.2, 0) is 10.8 Å². The summed E-state index contributed by atoms with van der Waals surface area (Å²) in [4.78, 5) is 13.2. The van der Waals surface area contributed by atoms with E-state index in [1.165, 1.54) is 6.26 Å². The molecule has 1 heterocycles. The molecule has 13 heavy (non-hydrogen) atoms. The topological polar surface area (TPSA) is 85.0 Å². The lowest BCUT2D eigenvalue weighted by atomic mass is 10.8. The van der Waals surface area contributed by atoms with E-state index in [0.29, 0.717) is 5.95 Å². The maximum Gasteiger partial charge on any atom is 0.230 e. The van der Waals surface area contributed by atoms with Crippen LogP contribution in [0.2, 0.25) is 0 Å². The molecule has 1 aromatic heterocycles. The number of nitrogens with two attached hydrogens (primary N) is 1. The van der Waals surface area contributed by atoms with Crippen LogP contribution in [0.3, 0.4) is 0 Å². The number of hydrogen-bond donors (Lipinski definition) is 1. The van der Waals surface area contributed by atoms with Gasteiger partial charge in [-0.15, -0.1) is 0 Å².